The van der Waals surface area contributed by atoms with Crippen LogP contribution in [-0.4, -0.2) is 26.5 Å². The standard InChI is InChI=1S/C10H13N5S/c1-3-11-9-14-6-7(2)8(15-9)16-10-12-4-5-13-10/h4-6H,3H2,1-2H3,(H,12,13)(H,11,14,15). The van der Waals surface area contributed by atoms with Crippen LogP contribution in [0.3, 0.4) is 0 Å². The van der Waals surface area contributed by atoms with E-state index in [1.165, 1.54) is 11.8 Å². The van der Waals surface area contributed by atoms with Crippen LogP contribution in [0.1, 0.15) is 12.5 Å². The number of hydrogen-bond acceptors (Lipinski definition) is 5. The van der Waals surface area contributed by atoms with E-state index in [4.69, 9.17) is 0 Å². The average Bonchev–Trinajstić information content (AvgIpc) is 2.76. The highest BCUT2D eigenvalue weighted by molar-refractivity contribution is 7.99. The Bertz CT molecular complexity index is 454. The van der Waals surface area contributed by atoms with Crippen molar-refractivity contribution in [3.63, 3.8) is 0 Å². The van der Waals surface area contributed by atoms with Crippen molar-refractivity contribution in [3.8, 4) is 0 Å². The van der Waals surface area contributed by atoms with Gasteiger partial charge >= 0.3 is 0 Å². The van der Waals surface area contributed by atoms with Crippen LogP contribution in [0, 0.1) is 6.92 Å². The minimum absolute atomic E-state index is 0.655. The van der Waals surface area contributed by atoms with Gasteiger partial charge in [-0.05, 0) is 25.6 Å². The average molecular weight is 235 g/mol. The predicted molar refractivity (Wildman–Crippen MR) is 63.6 cm³/mol. The number of anilines is 1. The lowest BCUT2D eigenvalue weighted by atomic mass is 10.4. The molecule has 16 heavy (non-hydrogen) atoms. The van der Waals surface area contributed by atoms with E-state index in [9.17, 15) is 0 Å². The van der Waals surface area contributed by atoms with E-state index < -0.39 is 0 Å². The highest BCUT2D eigenvalue weighted by Crippen LogP contribution is 2.25. The summed E-state index contributed by atoms with van der Waals surface area (Å²) in [4.78, 5) is 15.8. The van der Waals surface area contributed by atoms with Crippen molar-refractivity contribution in [1.82, 2.24) is 19.9 Å². The first-order chi connectivity index (χ1) is 7.79. The van der Waals surface area contributed by atoms with Gasteiger partial charge in [0.25, 0.3) is 0 Å². The second-order valence-corrected chi connectivity index (χ2v) is 4.19. The lowest BCUT2D eigenvalue weighted by Gasteiger charge is -2.05. The topological polar surface area (TPSA) is 66.5 Å². The zero-order chi connectivity index (χ0) is 11.4. The number of nitrogens with one attached hydrogen (secondary N) is 2. The van der Waals surface area contributed by atoms with Crippen molar-refractivity contribution in [2.75, 3.05) is 11.9 Å². The molecule has 6 heteroatoms. The number of hydrogen-bond donors (Lipinski definition) is 2. The van der Waals surface area contributed by atoms with Crippen molar-refractivity contribution in [3.05, 3.63) is 24.2 Å². The molecule has 2 heterocycles. The van der Waals surface area contributed by atoms with Crippen molar-refractivity contribution in [2.45, 2.75) is 24.0 Å². The highest BCUT2D eigenvalue weighted by Gasteiger charge is 2.06. The Hall–Kier alpha value is -1.56. The van der Waals surface area contributed by atoms with Crippen LogP contribution in [-0.2, 0) is 0 Å². The van der Waals surface area contributed by atoms with Gasteiger partial charge in [0.1, 0.15) is 5.03 Å². The van der Waals surface area contributed by atoms with Crippen LogP contribution in [0.2, 0.25) is 0 Å². The number of nitrogens with zero attached hydrogens (tertiary/aromatic N) is 3. The highest BCUT2D eigenvalue weighted by atomic mass is 32.2. The molecular formula is C10H13N5S. The van der Waals surface area contributed by atoms with Gasteiger partial charge < -0.3 is 10.3 Å². The van der Waals surface area contributed by atoms with Gasteiger partial charge in [-0.25, -0.2) is 15.0 Å². The SMILES string of the molecule is CCNc1ncc(C)c(Sc2ncc[nH]2)n1. The van der Waals surface area contributed by atoms with E-state index in [1.807, 2.05) is 20.0 Å². The smallest absolute Gasteiger partial charge is 0.223 e. The van der Waals surface area contributed by atoms with E-state index >= 15 is 0 Å². The molecule has 0 fully saturated rings. The lowest BCUT2D eigenvalue weighted by molar-refractivity contribution is 0.971. The molecule has 0 aromatic carbocycles. The van der Waals surface area contributed by atoms with Gasteiger partial charge in [0.05, 0.1) is 0 Å². The Labute approximate surface area is 98.1 Å². The zero-order valence-corrected chi connectivity index (χ0v) is 10.0. The second kappa shape index (κ2) is 4.98. The van der Waals surface area contributed by atoms with Crippen LogP contribution in [0.15, 0.2) is 28.8 Å². The maximum Gasteiger partial charge on any atom is 0.223 e. The van der Waals surface area contributed by atoms with Crippen LogP contribution >= 0.6 is 11.8 Å². The maximum absolute atomic E-state index is 4.42. The predicted octanol–water partition coefficient (Wildman–Crippen LogP) is 2.09. The maximum atomic E-state index is 4.42. The molecule has 0 aliphatic heterocycles. The molecule has 0 aliphatic carbocycles. The summed E-state index contributed by atoms with van der Waals surface area (Å²) in [6, 6.07) is 0. The fourth-order valence-electron chi connectivity index (χ4n) is 1.17. The molecule has 0 spiro atoms. The Kier molecular flexibility index (Phi) is 3.40. The third-order valence-corrected chi connectivity index (χ3v) is 2.95. The molecule has 2 aromatic heterocycles. The third-order valence-electron chi connectivity index (χ3n) is 1.93. The molecule has 0 atom stereocenters. The summed E-state index contributed by atoms with van der Waals surface area (Å²) in [6.45, 7) is 4.82. The number of H-pyrrole nitrogens is 1. The van der Waals surface area contributed by atoms with Crippen molar-refractivity contribution in [2.24, 2.45) is 0 Å². The van der Waals surface area contributed by atoms with Crippen LogP contribution < -0.4 is 5.32 Å². The van der Waals surface area contributed by atoms with Gasteiger partial charge in [-0.1, -0.05) is 0 Å². The van der Waals surface area contributed by atoms with Crippen LogP contribution in [0.25, 0.3) is 0 Å². The largest absolute Gasteiger partial charge is 0.354 e. The van der Waals surface area contributed by atoms with Gasteiger partial charge in [0, 0.05) is 30.7 Å². The van der Waals surface area contributed by atoms with Crippen molar-refractivity contribution >= 4 is 17.7 Å². The first-order valence-electron chi connectivity index (χ1n) is 5.04. The molecule has 0 radical (unpaired) electrons. The molecule has 2 N–H and O–H groups in total. The van der Waals surface area contributed by atoms with Gasteiger partial charge in [-0.15, -0.1) is 0 Å². The number of aromatic nitrogens is 4. The lowest BCUT2D eigenvalue weighted by Crippen LogP contribution is -2.03. The number of rotatable bonds is 4. The minimum atomic E-state index is 0.655. The summed E-state index contributed by atoms with van der Waals surface area (Å²) in [5.74, 6) is 0.655. The fraction of sp³-hybridized carbons (Fsp3) is 0.300. The number of aromatic amines is 1. The summed E-state index contributed by atoms with van der Waals surface area (Å²) in [5.41, 5.74) is 1.04. The van der Waals surface area contributed by atoms with Crippen LogP contribution in [0.5, 0.6) is 0 Å². The quantitative estimate of drug-likeness (QED) is 0.794. The molecule has 2 aromatic rings. The molecule has 0 saturated carbocycles. The molecule has 84 valence electrons. The molecule has 0 aliphatic rings. The van der Waals surface area contributed by atoms with E-state index in [0.717, 1.165) is 22.3 Å². The van der Waals surface area contributed by atoms with Crippen molar-refractivity contribution in [1.29, 1.82) is 0 Å². The molecular weight excluding hydrogens is 222 g/mol. The summed E-state index contributed by atoms with van der Waals surface area (Å²) in [5, 5.41) is 4.84. The molecule has 2 rings (SSSR count). The summed E-state index contributed by atoms with van der Waals surface area (Å²) >= 11 is 1.50. The zero-order valence-electron chi connectivity index (χ0n) is 9.19. The first-order valence-corrected chi connectivity index (χ1v) is 5.86. The Morgan fingerprint density at radius 2 is 2.31 bits per heavy atom. The van der Waals surface area contributed by atoms with Gasteiger partial charge in [0.15, 0.2) is 5.16 Å². The normalized spacial score (nSPS) is 10.4. The van der Waals surface area contributed by atoms with E-state index in [1.54, 1.807) is 12.4 Å². The van der Waals surface area contributed by atoms with Gasteiger partial charge in [-0.3, -0.25) is 0 Å². The molecule has 0 unspecified atom stereocenters. The molecule has 0 saturated heterocycles. The minimum Gasteiger partial charge on any atom is -0.354 e. The number of aryl methyl sites for hydroxylation is 1. The Morgan fingerprint density at radius 1 is 1.44 bits per heavy atom. The van der Waals surface area contributed by atoms with E-state index in [2.05, 4.69) is 25.3 Å². The summed E-state index contributed by atoms with van der Waals surface area (Å²) < 4.78 is 0. The molecule has 5 nitrogen and oxygen atoms in total. The third kappa shape index (κ3) is 2.52. The van der Waals surface area contributed by atoms with Gasteiger partial charge in [0.2, 0.25) is 5.95 Å². The van der Waals surface area contributed by atoms with E-state index in [-0.39, 0.29) is 0 Å². The fourth-order valence-corrected chi connectivity index (χ4v) is 1.94. The van der Waals surface area contributed by atoms with Gasteiger partial charge in [-0.2, -0.15) is 0 Å². The van der Waals surface area contributed by atoms with E-state index in [0.29, 0.717) is 5.95 Å². The number of imidazole rings is 1. The molecule has 0 amide bonds. The Balaban J connectivity index is 2.21. The first kappa shape index (κ1) is 10.9. The monoisotopic (exact) mass is 235 g/mol. The molecule has 0 bridgehead atoms. The second-order valence-electron chi connectivity index (χ2n) is 3.21. The summed E-state index contributed by atoms with van der Waals surface area (Å²) in [7, 11) is 0. The Morgan fingerprint density at radius 3 is 3.00 bits per heavy atom. The van der Waals surface area contributed by atoms with Crippen LogP contribution in [0.4, 0.5) is 5.95 Å². The van der Waals surface area contributed by atoms with Crippen molar-refractivity contribution < 1.29 is 0 Å². The summed E-state index contributed by atoms with van der Waals surface area (Å²) in [6.07, 6.45) is 5.34.